The summed E-state index contributed by atoms with van der Waals surface area (Å²) in [7, 11) is 0. The SMILES string of the molecule is CCOC(=O)C1=C(C)N(CCC2(C)OCCO2)C(C)=C(C(=O)O)C1c1cccc([N+](=O)[O-])c1. The number of rotatable bonds is 8. The Morgan fingerprint density at radius 3 is 2.45 bits per heavy atom. The third-order valence-electron chi connectivity index (χ3n) is 5.99. The normalized spacial score (nSPS) is 20.2. The van der Waals surface area contributed by atoms with Gasteiger partial charge in [0.2, 0.25) is 0 Å². The maximum absolute atomic E-state index is 13.0. The van der Waals surface area contributed by atoms with Gasteiger partial charge < -0.3 is 24.2 Å². The summed E-state index contributed by atoms with van der Waals surface area (Å²) in [5.74, 6) is -3.71. The van der Waals surface area contributed by atoms with Gasteiger partial charge in [-0.1, -0.05) is 12.1 Å². The van der Waals surface area contributed by atoms with E-state index in [2.05, 4.69) is 0 Å². The number of carboxylic acids is 1. The second kappa shape index (κ2) is 9.72. The lowest BCUT2D eigenvalue weighted by Crippen LogP contribution is -2.38. The number of hydrogen-bond donors (Lipinski definition) is 1. The number of allylic oxidation sites excluding steroid dienone is 2. The minimum Gasteiger partial charge on any atom is -0.478 e. The van der Waals surface area contributed by atoms with E-state index in [0.29, 0.717) is 43.1 Å². The molecule has 0 saturated carbocycles. The second-order valence-electron chi connectivity index (χ2n) is 8.04. The van der Waals surface area contributed by atoms with Gasteiger partial charge in [-0.15, -0.1) is 0 Å². The number of esters is 1. The summed E-state index contributed by atoms with van der Waals surface area (Å²) in [6, 6.07) is 5.67. The third-order valence-corrected chi connectivity index (χ3v) is 5.99. The molecule has 0 aliphatic carbocycles. The predicted octanol–water partition coefficient (Wildman–Crippen LogP) is 3.34. The molecule has 0 radical (unpaired) electrons. The number of nitro benzene ring substituents is 1. The molecule has 3 rings (SSSR count). The molecule has 1 aromatic rings. The second-order valence-corrected chi connectivity index (χ2v) is 8.04. The lowest BCUT2D eigenvalue weighted by atomic mass is 9.79. The predicted molar refractivity (Wildman–Crippen MR) is 117 cm³/mol. The maximum atomic E-state index is 13.0. The van der Waals surface area contributed by atoms with E-state index in [1.165, 1.54) is 18.2 Å². The van der Waals surface area contributed by atoms with E-state index in [-0.39, 0.29) is 23.4 Å². The van der Waals surface area contributed by atoms with Crippen LogP contribution < -0.4 is 0 Å². The number of nitro groups is 1. The maximum Gasteiger partial charge on any atom is 0.336 e. The van der Waals surface area contributed by atoms with Gasteiger partial charge in [-0.2, -0.15) is 0 Å². The quantitative estimate of drug-likeness (QED) is 0.353. The molecule has 1 atom stereocenters. The summed E-state index contributed by atoms with van der Waals surface area (Å²) in [4.78, 5) is 38.0. The van der Waals surface area contributed by atoms with Crippen molar-refractivity contribution in [3.8, 4) is 0 Å². The molecule has 1 aromatic carbocycles. The third kappa shape index (κ3) is 4.91. The Bertz CT molecular complexity index is 1020. The van der Waals surface area contributed by atoms with E-state index >= 15 is 0 Å². The van der Waals surface area contributed by atoms with E-state index in [1.54, 1.807) is 31.7 Å². The van der Waals surface area contributed by atoms with Gasteiger partial charge in [-0.3, -0.25) is 10.1 Å². The molecule has 1 N–H and O–H groups in total. The first-order valence-electron chi connectivity index (χ1n) is 10.7. The molecule has 2 aliphatic heterocycles. The van der Waals surface area contributed by atoms with Gasteiger partial charge >= 0.3 is 11.9 Å². The Balaban J connectivity index is 2.13. The Morgan fingerprint density at radius 1 is 1.24 bits per heavy atom. The Labute approximate surface area is 191 Å². The first kappa shape index (κ1) is 24.4. The van der Waals surface area contributed by atoms with Crippen molar-refractivity contribution in [1.82, 2.24) is 4.90 Å². The van der Waals surface area contributed by atoms with Crippen molar-refractivity contribution >= 4 is 17.6 Å². The van der Waals surface area contributed by atoms with Crippen LogP contribution in [0.5, 0.6) is 0 Å². The summed E-state index contributed by atoms with van der Waals surface area (Å²) in [5.41, 5.74) is 1.19. The highest BCUT2D eigenvalue weighted by molar-refractivity contribution is 5.99. The number of benzene rings is 1. The van der Waals surface area contributed by atoms with Gasteiger partial charge in [-0.05, 0) is 33.3 Å². The van der Waals surface area contributed by atoms with Gasteiger partial charge in [0, 0.05) is 36.5 Å². The van der Waals surface area contributed by atoms with Crippen LogP contribution in [0.4, 0.5) is 5.69 Å². The van der Waals surface area contributed by atoms with Crippen molar-refractivity contribution in [2.75, 3.05) is 26.4 Å². The van der Waals surface area contributed by atoms with Gasteiger partial charge in [0.15, 0.2) is 5.79 Å². The highest BCUT2D eigenvalue weighted by Gasteiger charge is 2.41. The van der Waals surface area contributed by atoms with E-state index in [9.17, 15) is 24.8 Å². The topological polar surface area (TPSA) is 128 Å². The highest BCUT2D eigenvalue weighted by Crippen LogP contribution is 2.43. The van der Waals surface area contributed by atoms with Crippen molar-refractivity contribution < 1.29 is 33.8 Å². The summed E-state index contributed by atoms with van der Waals surface area (Å²) >= 11 is 0. The number of hydrogen-bond acceptors (Lipinski definition) is 8. The number of carbonyl (C=O) groups excluding carboxylic acids is 1. The van der Waals surface area contributed by atoms with Crippen LogP contribution in [0.3, 0.4) is 0 Å². The van der Waals surface area contributed by atoms with Crippen LogP contribution in [0.15, 0.2) is 46.8 Å². The summed E-state index contributed by atoms with van der Waals surface area (Å²) in [6.45, 7) is 8.25. The fourth-order valence-electron chi connectivity index (χ4n) is 4.36. The number of carboxylic acid groups (broad SMARTS) is 1. The van der Waals surface area contributed by atoms with Crippen molar-refractivity contribution in [1.29, 1.82) is 0 Å². The zero-order valence-electron chi connectivity index (χ0n) is 19.1. The largest absolute Gasteiger partial charge is 0.478 e. The van der Waals surface area contributed by atoms with Crippen LogP contribution in [0.1, 0.15) is 45.6 Å². The van der Waals surface area contributed by atoms with Crippen molar-refractivity contribution in [2.24, 2.45) is 0 Å². The molecule has 0 bridgehead atoms. The minimum atomic E-state index is -1.22. The van der Waals surface area contributed by atoms with E-state index in [4.69, 9.17) is 14.2 Å². The van der Waals surface area contributed by atoms with Crippen LogP contribution in [0.25, 0.3) is 0 Å². The standard InChI is InChI=1S/C23H28N2O8/c1-5-31-22(28)19-15(3)24(10-9-23(4)32-11-12-33-23)14(2)18(21(26)27)20(19)16-7-6-8-17(13-16)25(29)30/h6-8,13,20H,5,9-12H2,1-4H3,(H,26,27). The smallest absolute Gasteiger partial charge is 0.336 e. The molecule has 2 aliphatic rings. The summed E-state index contributed by atoms with van der Waals surface area (Å²) < 4.78 is 16.6. The van der Waals surface area contributed by atoms with E-state index in [1.807, 2.05) is 6.92 Å². The summed E-state index contributed by atoms with van der Waals surface area (Å²) in [6.07, 6.45) is 0.437. The Kier molecular flexibility index (Phi) is 7.19. The zero-order valence-corrected chi connectivity index (χ0v) is 19.1. The number of nitrogens with zero attached hydrogens (tertiary/aromatic N) is 2. The number of ether oxygens (including phenoxy) is 3. The molecule has 178 valence electrons. The Morgan fingerprint density at radius 2 is 1.88 bits per heavy atom. The molecule has 0 aromatic heterocycles. The van der Waals surface area contributed by atoms with Gasteiger partial charge in [-0.25, -0.2) is 9.59 Å². The lowest BCUT2D eigenvalue weighted by Gasteiger charge is -2.38. The fraction of sp³-hybridized carbons (Fsp3) is 0.478. The molecule has 1 saturated heterocycles. The number of carbonyl (C=O) groups is 2. The molecule has 10 heteroatoms. The zero-order chi connectivity index (χ0) is 24.3. The van der Waals surface area contributed by atoms with Crippen LogP contribution >= 0.6 is 0 Å². The molecule has 0 spiro atoms. The molecule has 10 nitrogen and oxygen atoms in total. The van der Waals surface area contributed by atoms with Crippen molar-refractivity contribution in [3.63, 3.8) is 0 Å². The molecule has 1 fully saturated rings. The lowest BCUT2D eigenvalue weighted by molar-refractivity contribution is -0.384. The number of non-ortho nitro benzene ring substituents is 1. The first-order valence-corrected chi connectivity index (χ1v) is 10.7. The Hall–Kier alpha value is -3.24. The molecule has 0 amide bonds. The fourth-order valence-corrected chi connectivity index (χ4v) is 4.36. The molecule has 1 unspecified atom stereocenters. The highest BCUT2D eigenvalue weighted by atomic mass is 16.7. The van der Waals surface area contributed by atoms with Crippen LogP contribution in [0, 0.1) is 10.1 Å². The number of aliphatic carboxylic acids is 1. The van der Waals surface area contributed by atoms with Crippen LogP contribution in [-0.2, 0) is 23.8 Å². The van der Waals surface area contributed by atoms with Crippen molar-refractivity contribution in [3.05, 3.63) is 62.5 Å². The first-order chi connectivity index (χ1) is 15.6. The molecular formula is C23H28N2O8. The minimum absolute atomic E-state index is 0.0393. The van der Waals surface area contributed by atoms with Gasteiger partial charge in [0.25, 0.3) is 5.69 Å². The molecular weight excluding hydrogens is 432 g/mol. The van der Waals surface area contributed by atoms with Gasteiger partial charge in [0.1, 0.15) is 0 Å². The monoisotopic (exact) mass is 460 g/mol. The van der Waals surface area contributed by atoms with Gasteiger partial charge in [0.05, 0.1) is 41.8 Å². The van der Waals surface area contributed by atoms with Crippen molar-refractivity contribution in [2.45, 2.75) is 45.8 Å². The average Bonchev–Trinajstić information content (AvgIpc) is 3.19. The van der Waals surface area contributed by atoms with Crippen LogP contribution in [-0.4, -0.2) is 59.0 Å². The van der Waals surface area contributed by atoms with Crippen LogP contribution in [0.2, 0.25) is 0 Å². The average molecular weight is 460 g/mol. The molecule has 33 heavy (non-hydrogen) atoms. The summed E-state index contributed by atoms with van der Waals surface area (Å²) in [5, 5.41) is 21.5. The van der Waals surface area contributed by atoms with E-state index in [0.717, 1.165) is 0 Å². The van der Waals surface area contributed by atoms with E-state index < -0.39 is 28.6 Å². The molecule has 2 heterocycles.